The van der Waals surface area contributed by atoms with Gasteiger partial charge in [0.1, 0.15) is 0 Å². The first-order valence-electron chi connectivity index (χ1n) is 5.96. The van der Waals surface area contributed by atoms with Crippen LogP contribution in [0.1, 0.15) is 32.1 Å². The minimum absolute atomic E-state index is 0.113. The minimum atomic E-state index is -0.876. The Morgan fingerprint density at radius 2 is 1.76 bits per heavy atom. The molecule has 1 aliphatic rings. The first kappa shape index (κ1) is 12.2. The number of halogens is 1. The first-order valence-corrected chi connectivity index (χ1v) is 6.34. The average Bonchev–Trinajstić information content (AvgIpc) is 2.33. The lowest BCUT2D eigenvalue weighted by Gasteiger charge is -2.32. The summed E-state index contributed by atoms with van der Waals surface area (Å²) in [5, 5.41) is 9.97. The smallest absolute Gasteiger partial charge is 0.412 e. The van der Waals surface area contributed by atoms with E-state index in [0.717, 1.165) is 25.7 Å². The number of rotatable bonds is 2. The van der Waals surface area contributed by atoms with E-state index in [1.54, 1.807) is 24.3 Å². The van der Waals surface area contributed by atoms with E-state index in [-0.39, 0.29) is 6.04 Å². The fourth-order valence-electron chi connectivity index (χ4n) is 2.42. The SMILES string of the molecule is O=C(O)N(c1ccc(Cl)cc1)C1CCCCC1. The number of hydrogen-bond acceptors (Lipinski definition) is 1. The van der Waals surface area contributed by atoms with E-state index in [9.17, 15) is 9.90 Å². The summed E-state index contributed by atoms with van der Waals surface area (Å²) in [7, 11) is 0. The molecule has 0 atom stereocenters. The topological polar surface area (TPSA) is 40.5 Å². The third-order valence-corrected chi connectivity index (χ3v) is 3.50. The van der Waals surface area contributed by atoms with Gasteiger partial charge in [0.2, 0.25) is 0 Å². The summed E-state index contributed by atoms with van der Waals surface area (Å²) in [5.41, 5.74) is 0.716. The van der Waals surface area contributed by atoms with Gasteiger partial charge >= 0.3 is 6.09 Å². The van der Waals surface area contributed by atoms with E-state index in [1.807, 2.05) is 0 Å². The highest BCUT2D eigenvalue weighted by Gasteiger charge is 2.26. The second-order valence-corrected chi connectivity index (χ2v) is 4.86. The fourth-order valence-corrected chi connectivity index (χ4v) is 2.54. The molecule has 1 aromatic carbocycles. The minimum Gasteiger partial charge on any atom is -0.465 e. The fraction of sp³-hybridized carbons (Fsp3) is 0.462. The molecule has 17 heavy (non-hydrogen) atoms. The van der Waals surface area contributed by atoms with Crippen LogP contribution >= 0.6 is 11.6 Å². The van der Waals surface area contributed by atoms with Crippen molar-refractivity contribution in [3.8, 4) is 0 Å². The number of carbonyl (C=O) groups is 1. The van der Waals surface area contributed by atoms with Crippen LogP contribution in [0.5, 0.6) is 0 Å². The zero-order valence-electron chi connectivity index (χ0n) is 9.60. The molecule has 1 saturated carbocycles. The molecule has 0 radical (unpaired) electrons. The Balaban J connectivity index is 2.21. The van der Waals surface area contributed by atoms with Crippen LogP contribution < -0.4 is 4.90 Å². The van der Waals surface area contributed by atoms with Crippen molar-refractivity contribution >= 4 is 23.4 Å². The Hall–Kier alpha value is -1.22. The van der Waals surface area contributed by atoms with Crippen LogP contribution in [0, 0.1) is 0 Å². The third kappa shape index (κ3) is 2.91. The molecule has 1 aromatic rings. The maximum Gasteiger partial charge on any atom is 0.412 e. The second kappa shape index (κ2) is 5.41. The van der Waals surface area contributed by atoms with Crippen LogP contribution in [0.2, 0.25) is 5.02 Å². The van der Waals surface area contributed by atoms with Crippen molar-refractivity contribution in [3.63, 3.8) is 0 Å². The van der Waals surface area contributed by atoms with Crippen LogP contribution in [0.4, 0.5) is 10.5 Å². The zero-order chi connectivity index (χ0) is 12.3. The molecule has 1 amide bonds. The van der Waals surface area contributed by atoms with Gasteiger partial charge < -0.3 is 5.11 Å². The van der Waals surface area contributed by atoms with Crippen LogP contribution in [-0.2, 0) is 0 Å². The lowest BCUT2D eigenvalue weighted by atomic mass is 9.94. The summed E-state index contributed by atoms with van der Waals surface area (Å²) in [6.07, 6.45) is 4.47. The van der Waals surface area contributed by atoms with E-state index in [4.69, 9.17) is 11.6 Å². The summed E-state index contributed by atoms with van der Waals surface area (Å²) in [6.45, 7) is 0. The van der Waals surface area contributed by atoms with Crippen LogP contribution in [0.3, 0.4) is 0 Å². The molecule has 0 unspecified atom stereocenters. The van der Waals surface area contributed by atoms with Crippen molar-refractivity contribution in [3.05, 3.63) is 29.3 Å². The van der Waals surface area contributed by atoms with Gasteiger partial charge in [0, 0.05) is 16.8 Å². The number of hydrogen-bond donors (Lipinski definition) is 1. The Morgan fingerprint density at radius 1 is 1.18 bits per heavy atom. The summed E-state index contributed by atoms with van der Waals surface area (Å²) in [6, 6.07) is 7.11. The third-order valence-electron chi connectivity index (χ3n) is 3.25. The number of nitrogens with zero attached hydrogens (tertiary/aromatic N) is 1. The van der Waals surface area contributed by atoms with E-state index < -0.39 is 6.09 Å². The molecule has 1 N–H and O–H groups in total. The number of anilines is 1. The van der Waals surface area contributed by atoms with Crippen molar-refractivity contribution in [2.75, 3.05) is 4.90 Å². The molecule has 0 heterocycles. The van der Waals surface area contributed by atoms with Gasteiger partial charge in [0.15, 0.2) is 0 Å². The summed E-state index contributed by atoms with van der Waals surface area (Å²) in [4.78, 5) is 12.9. The van der Waals surface area contributed by atoms with Gasteiger partial charge in [0.05, 0.1) is 0 Å². The summed E-state index contributed by atoms with van der Waals surface area (Å²) in [5.74, 6) is 0. The van der Waals surface area contributed by atoms with Crippen molar-refractivity contribution in [1.29, 1.82) is 0 Å². The molecule has 0 aliphatic heterocycles. The second-order valence-electron chi connectivity index (χ2n) is 4.42. The van der Waals surface area contributed by atoms with Gasteiger partial charge in [-0.25, -0.2) is 4.79 Å². The quantitative estimate of drug-likeness (QED) is 0.860. The Morgan fingerprint density at radius 3 is 2.29 bits per heavy atom. The first-order chi connectivity index (χ1) is 8.18. The summed E-state index contributed by atoms with van der Waals surface area (Å²) >= 11 is 5.82. The maximum atomic E-state index is 11.4. The predicted octanol–water partition coefficient (Wildman–Crippen LogP) is 4.16. The number of carboxylic acid groups (broad SMARTS) is 1. The van der Waals surface area contributed by atoms with Crippen molar-refractivity contribution < 1.29 is 9.90 Å². The van der Waals surface area contributed by atoms with Gasteiger partial charge in [-0.15, -0.1) is 0 Å². The Labute approximate surface area is 106 Å². The molecule has 4 heteroatoms. The molecule has 0 aromatic heterocycles. The van der Waals surface area contributed by atoms with Crippen molar-refractivity contribution in [2.24, 2.45) is 0 Å². The van der Waals surface area contributed by atoms with Crippen molar-refractivity contribution in [1.82, 2.24) is 0 Å². The summed E-state index contributed by atoms with van der Waals surface area (Å²) < 4.78 is 0. The van der Waals surface area contributed by atoms with E-state index in [1.165, 1.54) is 11.3 Å². The van der Waals surface area contributed by atoms with E-state index in [0.29, 0.717) is 10.7 Å². The Bertz CT molecular complexity index is 385. The van der Waals surface area contributed by atoms with Gasteiger partial charge in [0.25, 0.3) is 0 Å². The Kier molecular flexibility index (Phi) is 3.89. The van der Waals surface area contributed by atoms with Gasteiger partial charge in [-0.05, 0) is 37.1 Å². The number of benzene rings is 1. The standard InChI is InChI=1S/C13H16ClNO2/c14-10-6-8-12(9-7-10)15(13(16)17)11-4-2-1-3-5-11/h6-9,11H,1-5H2,(H,16,17). The van der Waals surface area contributed by atoms with Gasteiger partial charge in [-0.1, -0.05) is 30.9 Å². The van der Waals surface area contributed by atoms with Gasteiger partial charge in [-0.3, -0.25) is 4.90 Å². The highest BCUT2D eigenvalue weighted by Crippen LogP contribution is 2.28. The van der Waals surface area contributed by atoms with Crippen LogP contribution in [0.25, 0.3) is 0 Å². The zero-order valence-corrected chi connectivity index (χ0v) is 10.4. The molecular weight excluding hydrogens is 238 g/mol. The van der Waals surface area contributed by atoms with E-state index >= 15 is 0 Å². The maximum absolute atomic E-state index is 11.4. The lowest BCUT2D eigenvalue weighted by Crippen LogP contribution is -2.40. The van der Waals surface area contributed by atoms with Crippen LogP contribution in [0.15, 0.2) is 24.3 Å². The average molecular weight is 254 g/mol. The molecule has 92 valence electrons. The normalized spacial score (nSPS) is 16.8. The molecule has 0 saturated heterocycles. The molecule has 1 fully saturated rings. The highest BCUT2D eigenvalue weighted by molar-refractivity contribution is 6.30. The molecule has 2 rings (SSSR count). The van der Waals surface area contributed by atoms with Crippen LogP contribution in [-0.4, -0.2) is 17.2 Å². The molecular formula is C13H16ClNO2. The lowest BCUT2D eigenvalue weighted by molar-refractivity contribution is 0.196. The predicted molar refractivity (Wildman–Crippen MR) is 68.8 cm³/mol. The number of amides is 1. The molecule has 0 bridgehead atoms. The monoisotopic (exact) mass is 253 g/mol. The van der Waals surface area contributed by atoms with Gasteiger partial charge in [-0.2, -0.15) is 0 Å². The van der Waals surface area contributed by atoms with E-state index in [2.05, 4.69) is 0 Å². The molecule has 1 aliphatic carbocycles. The molecule has 3 nitrogen and oxygen atoms in total. The van der Waals surface area contributed by atoms with Crippen molar-refractivity contribution in [2.45, 2.75) is 38.1 Å². The largest absolute Gasteiger partial charge is 0.465 e. The molecule has 0 spiro atoms. The highest BCUT2D eigenvalue weighted by atomic mass is 35.5.